The number of nitrogens with one attached hydrogen (secondary N) is 1. The summed E-state index contributed by atoms with van der Waals surface area (Å²) < 4.78 is 0. The molecule has 1 aromatic rings. The van der Waals surface area contributed by atoms with E-state index in [-0.39, 0.29) is 11.9 Å². The van der Waals surface area contributed by atoms with Gasteiger partial charge in [-0.05, 0) is 50.4 Å². The molecule has 0 aliphatic heterocycles. The number of hydrogen-bond acceptors (Lipinski definition) is 2. The van der Waals surface area contributed by atoms with Gasteiger partial charge in [0.15, 0.2) is 0 Å². The molecule has 4 heteroatoms. The third-order valence-corrected chi connectivity index (χ3v) is 4.89. The van der Waals surface area contributed by atoms with Crippen molar-refractivity contribution < 1.29 is 4.79 Å². The molecule has 3 nitrogen and oxygen atoms in total. The molecule has 1 saturated carbocycles. The Morgan fingerprint density at radius 3 is 2.77 bits per heavy atom. The summed E-state index contributed by atoms with van der Waals surface area (Å²) in [5.41, 5.74) is 1.13. The van der Waals surface area contributed by atoms with Crippen molar-refractivity contribution in [2.24, 2.45) is 5.92 Å². The maximum absolute atomic E-state index is 12.3. The number of benzene rings is 1. The number of carbonyl (C=O) groups excluding carboxylic acids is 1. The van der Waals surface area contributed by atoms with Crippen LogP contribution in [0.3, 0.4) is 0 Å². The number of hydrogen-bond donors (Lipinski definition) is 1. The molecule has 0 saturated heterocycles. The van der Waals surface area contributed by atoms with Crippen LogP contribution in [0.2, 0.25) is 5.02 Å². The Balaban J connectivity index is 1.78. The van der Waals surface area contributed by atoms with E-state index >= 15 is 0 Å². The van der Waals surface area contributed by atoms with Crippen LogP contribution in [-0.2, 0) is 11.3 Å². The molecule has 1 N–H and O–H groups in total. The van der Waals surface area contributed by atoms with Crippen LogP contribution in [0.25, 0.3) is 0 Å². The molecule has 0 radical (unpaired) electrons. The lowest BCUT2D eigenvalue weighted by Gasteiger charge is -2.26. The lowest BCUT2D eigenvalue weighted by molar-refractivity contribution is -0.125. The van der Waals surface area contributed by atoms with Gasteiger partial charge in [-0.25, -0.2) is 0 Å². The van der Waals surface area contributed by atoms with Crippen LogP contribution in [0, 0.1) is 5.92 Å². The lowest BCUT2D eigenvalue weighted by atomic mass is 9.89. The van der Waals surface area contributed by atoms with Crippen LogP contribution in [0.4, 0.5) is 0 Å². The van der Waals surface area contributed by atoms with Crippen LogP contribution in [0.1, 0.15) is 44.6 Å². The van der Waals surface area contributed by atoms with Gasteiger partial charge in [0.05, 0.1) is 6.04 Å². The van der Waals surface area contributed by atoms with E-state index in [2.05, 4.69) is 10.2 Å². The van der Waals surface area contributed by atoms with E-state index in [1.807, 2.05) is 38.2 Å². The molecule has 1 atom stereocenters. The second kappa shape index (κ2) is 8.54. The average molecular weight is 323 g/mol. The van der Waals surface area contributed by atoms with E-state index in [1.165, 1.54) is 32.1 Å². The third kappa shape index (κ3) is 5.29. The molecular formula is C18H27ClN2O. The first-order valence-corrected chi connectivity index (χ1v) is 8.66. The standard InChI is InChI=1S/C18H27ClN2O/c1-14(18(22)20-12-15-7-4-3-5-8-15)21(2)13-16-9-6-10-17(19)11-16/h6,9-11,14-15H,3-5,7-8,12-13H2,1-2H3,(H,20,22)/t14-/m0/s1. The third-order valence-electron chi connectivity index (χ3n) is 4.65. The molecule has 0 aromatic heterocycles. The van der Waals surface area contributed by atoms with E-state index in [4.69, 9.17) is 11.6 Å². The molecular weight excluding hydrogens is 296 g/mol. The zero-order chi connectivity index (χ0) is 15.9. The van der Waals surface area contributed by atoms with Crippen molar-refractivity contribution >= 4 is 17.5 Å². The van der Waals surface area contributed by atoms with Gasteiger partial charge in [0.1, 0.15) is 0 Å². The van der Waals surface area contributed by atoms with Gasteiger partial charge in [0.25, 0.3) is 0 Å². The minimum atomic E-state index is -0.137. The first kappa shape index (κ1) is 17.3. The van der Waals surface area contributed by atoms with Crippen LogP contribution >= 0.6 is 11.6 Å². The maximum atomic E-state index is 12.3. The van der Waals surface area contributed by atoms with E-state index in [0.29, 0.717) is 5.92 Å². The minimum Gasteiger partial charge on any atom is -0.354 e. The van der Waals surface area contributed by atoms with Gasteiger partial charge in [0.2, 0.25) is 5.91 Å². The lowest BCUT2D eigenvalue weighted by Crippen LogP contribution is -2.44. The molecule has 122 valence electrons. The van der Waals surface area contributed by atoms with Gasteiger partial charge in [-0.3, -0.25) is 9.69 Å². The molecule has 0 heterocycles. The highest BCUT2D eigenvalue weighted by Gasteiger charge is 2.20. The Morgan fingerprint density at radius 2 is 2.09 bits per heavy atom. The van der Waals surface area contributed by atoms with Crippen molar-refractivity contribution in [1.82, 2.24) is 10.2 Å². The number of carbonyl (C=O) groups is 1. The monoisotopic (exact) mass is 322 g/mol. The van der Waals surface area contributed by atoms with Crippen LogP contribution in [-0.4, -0.2) is 30.4 Å². The van der Waals surface area contributed by atoms with Crippen molar-refractivity contribution in [2.45, 2.75) is 51.6 Å². The summed E-state index contributed by atoms with van der Waals surface area (Å²) in [4.78, 5) is 14.4. The van der Waals surface area contributed by atoms with E-state index in [9.17, 15) is 4.79 Å². The number of amides is 1. The minimum absolute atomic E-state index is 0.120. The molecule has 1 fully saturated rings. The number of rotatable bonds is 6. The molecule has 1 aromatic carbocycles. The Bertz CT molecular complexity index is 486. The van der Waals surface area contributed by atoms with Gasteiger partial charge in [-0.2, -0.15) is 0 Å². The van der Waals surface area contributed by atoms with Crippen LogP contribution in [0.5, 0.6) is 0 Å². The topological polar surface area (TPSA) is 32.3 Å². The van der Waals surface area contributed by atoms with Crippen LogP contribution < -0.4 is 5.32 Å². The fourth-order valence-corrected chi connectivity index (χ4v) is 3.26. The molecule has 22 heavy (non-hydrogen) atoms. The van der Waals surface area contributed by atoms with Crippen LogP contribution in [0.15, 0.2) is 24.3 Å². The first-order chi connectivity index (χ1) is 10.6. The van der Waals surface area contributed by atoms with Gasteiger partial charge in [0, 0.05) is 18.1 Å². The Hall–Kier alpha value is -1.06. The molecule has 1 aliphatic carbocycles. The number of nitrogens with zero attached hydrogens (tertiary/aromatic N) is 1. The van der Waals surface area contributed by atoms with E-state index in [0.717, 1.165) is 23.7 Å². The average Bonchev–Trinajstić information content (AvgIpc) is 2.53. The molecule has 0 bridgehead atoms. The van der Waals surface area contributed by atoms with Crippen molar-refractivity contribution in [3.05, 3.63) is 34.9 Å². The first-order valence-electron chi connectivity index (χ1n) is 8.28. The summed E-state index contributed by atoms with van der Waals surface area (Å²) in [5.74, 6) is 0.790. The fraction of sp³-hybridized carbons (Fsp3) is 0.611. The number of likely N-dealkylation sites (N-methyl/N-ethyl adjacent to an activating group) is 1. The highest BCUT2D eigenvalue weighted by Crippen LogP contribution is 2.22. The van der Waals surface area contributed by atoms with E-state index < -0.39 is 0 Å². The Labute approximate surface area is 139 Å². The van der Waals surface area contributed by atoms with Crippen molar-refractivity contribution in [3.63, 3.8) is 0 Å². The molecule has 0 spiro atoms. The normalized spacial score (nSPS) is 17.5. The highest BCUT2D eigenvalue weighted by molar-refractivity contribution is 6.30. The zero-order valence-corrected chi connectivity index (χ0v) is 14.4. The SMILES string of the molecule is C[C@@H](C(=O)NCC1CCCCC1)N(C)Cc1cccc(Cl)c1. The second-order valence-electron chi connectivity index (χ2n) is 6.47. The predicted molar refractivity (Wildman–Crippen MR) is 92.0 cm³/mol. The second-order valence-corrected chi connectivity index (χ2v) is 6.91. The maximum Gasteiger partial charge on any atom is 0.237 e. The zero-order valence-electron chi connectivity index (χ0n) is 13.6. The molecule has 1 aliphatic rings. The smallest absolute Gasteiger partial charge is 0.237 e. The molecule has 0 unspecified atom stereocenters. The van der Waals surface area contributed by atoms with E-state index in [1.54, 1.807) is 0 Å². The van der Waals surface area contributed by atoms with Crippen molar-refractivity contribution in [2.75, 3.05) is 13.6 Å². The highest BCUT2D eigenvalue weighted by atomic mass is 35.5. The summed E-state index contributed by atoms with van der Waals surface area (Å²) in [6, 6.07) is 7.66. The summed E-state index contributed by atoms with van der Waals surface area (Å²) in [5, 5.41) is 3.86. The summed E-state index contributed by atoms with van der Waals surface area (Å²) in [7, 11) is 1.98. The van der Waals surface area contributed by atoms with Gasteiger partial charge >= 0.3 is 0 Å². The summed E-state index contributed by atoms with van der Waals surface area (Å²) in [6.07, 6.45) is 6.48. The largest absolute Gasteiger partial charge is 0.354 e. The Kier molecular flexibility index (Phi) is 6.71. The predicted octanol–water partition coefficient (Wildman–Crippen LogP) is 3.86. The number of halogens is 1. The molecule has 2 rings (SSSR count). The van der Waals surface area contributed by atoms with Gasteiger partial charge < -0.3 is 5.32 Å². The van der Waals surface area contributed by atoms with Gasteiger partial charge in [-0.15, -0.1) is 0 Å². The fourth-order valence-electron chi connectivity index (χ4n) is 3.04. The summed E-state index contributed by atoms with van der Waals surface area (Å²) in [6.45, 7) is 3.51. The van der Waals surface area contributed by atoms with Gasteiger partial charge in [-0.1, -0.05) is 43.0 Å². The Morgan fingerprint density at radius 1 is 1.36 bits per heavy atom. The molecule has 1 amide bonds. The van der Waals surface area contributed by atoms with Crippen molar-refractivity contribution in [1.29, 1.82) is 0 Å². The quantitative estimate of drug-likeness (QED) is 0.862. The summed E-state index contributed by atoms with van der Waals surface area (Å²) >= 11 is 6.01. The van der Waals surface area contributed by atoms with Crippen molar-refractivity contribution in [3.8, 4) is 0 Å².